The molecule has 0 bridgehead atoms. The number of hydrogen-bond donors (Lipinski definition) is 0. The quantitative estimate of drug-likeness (QED) is 0.858. The Bertz CT molecular complexity index is 569. The van der Waals surface area contributed by atoms with Crippen LogP contribution >= 0.6 is 0 Å². The van der Waals surface area contributed by atoms with Gasteiger partial charge >= 0.3 is 0 Å². The maximum atomic E-state index is 4.52. The van der Waals surface area contributed by atoms with Gasteiger partial charge in [0.2, 0.25) is 0 Å². The Morgan fingerprint density at radius 1 is 1.05 bits per heavy atom. The van der Waals surface area contributed by atoms with E-state index in [2.05, 4.69) is 38.3 Å². The standard InChI is InChI=1S/C15H23N5/c1-12(2)13-14-15(17-10-16-13)20(11-18-14)9-8-19-6-4-3-5-7-19/h10-12H,3-9H2,1-2H3. The van der Waals surface area contributed by atoms with Gasteiger partial charge in [0, 0.05) is 13.1 Å². The lowest BCUT2D eigenvalue weighted by atomic mass is 10.1. The van der Waals surface area contributed by atoms with Gasteiger partial charge in [0.25, 0.3) is 0 Å². The smallest absolute Gasteiger partial charge is 0.163 e. The lowest BCUT2D eigenvalue weighted by Crippen LogP contribution is -2.32. The first-order chi connectivity index (χ1) is 9.75. The normalized spacial score (nSPS) is 17.1. The van der Waals surface area contributed by atoms with Gasteiger partial charge < -0.3 is 9.47 Å². The SMILES string of the molecule is CC(C)c1ncnc2c1ncn2CCN1CCCCC1. The Morgan fingerprint density at radius 3 is 2.60 bits per heavy atom. The molecule has 5 nitrogen and oxygen atoms in total. The van der Waals surface area contributed by atoms with Crippen LogP contribution in [0.15, 0.2) is 12.7 Å². The van der Waals surface area contributed by atoms with Crippen LogP contribution in [-0.2, 0) is 6.54 Å². The summed E-state index contributed by atoms with van der Waals surface area (Å²) in [6.07, 6.45) is 7.64. The monoisotopic (exact) mass is 273 g/mol. The summed E-state index contributed by atoms with van der Waals surface area (Å²) in [7, 11) is 0. The van der Waals surface area contributed by atoms with Crippen molar-refractivity contribution in [3.8, 4) is 0 Å². The lowest BCUT2D eigenvalue weighted by molar-refractivity contribution is 0.221. The zero-order valence-electron chi connectivity index (χ0n) is 12.4. The van der Waals surface area contributed by atoms with E-state index in [0.717, 1.165) is 29.9 Å². The van der Waals surface area contributed by atoms with Crippen LogP contribution in [0.4, 0.5) is 0 Å². The third-order valence-corrected chi connectivity index (χ3v) is 4.08. The van der Waals surface area contributed by atoms with Gasteiger partial charge in [0.1, 0.15) is 11.8 Å². The van der Waals surface area contributed by atoms with Crippen molar-refractivity contribution in [1.82, 2.24) is 24.4 Å². The van der Waals surface area contributed by atoms with Crippen LogP contribution in [0.3, 0.4) is 0 Å². The molecule has 1 aliphatic rings. The summed E-state index contributed by atoms with van der Waals surface area (Å²) in [6.45, 7) is 8.82. The van der Waals surface area contributed by atoms with Crippen molar-refractivity contribution in [3.63, 3.8) is 0 Å². The third-order valence-electron chi connectivity index (χ3n) is 4.08. The molecule has 0 aromatic carbocycles. The summed E-state index contributed by atoms with van der Waals surface area (Å²) in [5.74, 6) is 0.381. The lowest BCUT2D eigenvalue weighted by Gasteiger charge is -2.26. The fraction of sp³-hybridized carbons (Fsp3) is 0.667. The largest absolute Gasteiger partial charge is 0.314 e. The Kier molecular flexibility index (Phi) is 3.96. The van der Waals surface area contributed by atoms with E-state index < -0.39 is 0 Å². The number of imidazole rings is 1. The van der Waals surface area contributed by atoms with Gasteiger partial charge in [-0.2, -0.15) is 0 Å². The Hall–Kier alpha value is -1.49. The van der Waals surface area contributed by atoms with Crippen LogP contribution < -0.4 is 0 Å². The summed E-state index contributed by atoms with van der Waals surface area (Å²) >= 11 is 0. The molecule has 0 atom stereocenters. The highest BCUT2D eigenvalue weighted by molar-refractivity contribution is 5.73. The van der Waals surface area contributed by atoms with Gasteiger partial charge in [-0.15, -0.1) is 0 Å². The highest BCUT2D eigenvalue weighted by atomic mass is 15.2. The van der Waals surface area contributed by atoms with Crippen LogP contribution in [0.2, 0.25) is 0 Å². The fourth-order valence-electron chi connectivity index (χ4n) is 2.92. The van der Waals surface area contributed by atoms with Gasteiger partial charge in [-0.3, -0.25) is 0 Å². The Morgan fingerprint density at radius 2 is 1.85 bits per heavy atom. The molecule has 0 aliphatic carbocycles. The zero-order chi connectivity index (χ0) is 13.9. The van der Waals surface area contributed by atoms with Crippen molar-refractivity contribution in [2.24, 2.45) is 0 Å². The predicted molar refractivity (Wildman–Crippen MR) is 79.7 cm³/mol. The number of likely N-dealkylation sites (tertiary alicyclic amines) is 1. The third kappa shape index (κ3) is 2.68. The van der Waals surface area contributed by atoms with Gasteiger partial charge in [0.05, 0.1) is 12.0 Å². The van der Waals surface area contributed by atoms with E-state index in [-0.39, 0.29) is 0 Å². The molecular weight excluding hydrogens is 250 g/mol. The van der Waals surface area contributed by atoms with Crippen molar-refractivity contribution in [2.75, 3.05) is 19.6 Å². The van der Waals surface area contributed by atoms with E-state index >= 15 is 0 Å². The Labute approximate surface area is 120 Å². The topological polar surface area (TPSA) is 46.8 Å². The summed E-state index contributed by atoms with van der Waals surface area (Å²) in [5.41, 5.74) is 2.98. The average molecular weight is 273 g/mol. The molecule has 2 aromatic rings. The first-order valence-electron chi connectivity index (χ1n) is 7.64. The minimum absolute atomic E-state index is 0.381. The second-order valence-electron chi connectivity index (χ2n) is 5.93. The van der Waals surface area contributed by atoms with E-state index in [1.165, 1.54) is 32.4 Å². The zero-order valence-corrected chi connectivity index (χ0v) is 12.4. The number of piperidine rings is 1. The van der Waals surface area contributed by atoms with Crippen molar-refractivity contribution in [1.29, 1.82) is 0 Å². The first kappa shape index (κ1) is 13.5. The van der Waals surface area contributed by atoms with E-state index in [1.807, 2.05) is 6.33 Å². The maximum absolute atomic E-state index is 4.52. The summed E-state index contributed by atoms with van der Waals surface area (Å²) in [5, 5.41) is 0. The molecule has 2 aromatic heterocycles. The first-order valence-corrected chi connectivity index (χ1v) is 7.64. The van der Waals surface area contributed by atoms with Gasteiger partial charge in [0.15, 0.2) is 5.65 Å². The van der Waals surface area contributed by atoms with E-state index in [1.54, 1.807) is 6.33 Å². The molecule has 1 aliphatic heterocycles. The maximum Gasteiger partial charge on any atom is 0.163 e. The molecule has 0 spiro atoms. The molecular formula is C15H23N5. The molecule has 1 fully saturated rings. The minimum Gasteiger partial charge on any atom is -0.314 e. The molecule has 0 unspecified atom stereocenters. The highest BCUT2D eigenvalue weighted by Gasteiger charge is 2.14. The second kappa shape index (κ2) is 5.87. The van der Waals surface area contributed by atoms with Crippen molar-refractivity contribution in [3.05, 3.63) is 18.3 Å². The van der Waals surface area contributed by atoms with Crippen molar-refractivity contribution >= 4 is 11.2 Å². The number of aromatic nitrogens is 4. The fourth-order valence-corrected chi connectivity index (χ4v) is 2.92. The summed E-state index contributed by atoms with van der Waals surface area (Å²) in [4.78, 5) is 15.9. The molecule has 0 radical (unpaired) electrons. The van der Waals surface area contributed by atoms with Crippen LogP contribution in [0.5, 0.6) is 0 Å². The molecule has 108 valence electrons. The molecule has 3 rings (SSSR count). The highest BCUT2D eigenvalue weighted by Crippen LogP contribution is 2.20. The van der Waals surface area contributed by atoms with Gasteiger partial charge in [-0.05, 0) is 31.8 Å². The van der Waals surface area contributed by atoms with Crippen LogP contribution in [0.25, 0.3) is 11.2 Å². The molecule has 1 saturated heterocycles. The molecule has 3 heterocycles. The molecule has 0 saturated carbocycles. The predicted octanol–water partition coefficient (Wildman–Crippen LogP) is 2.44. The summed E-state index contributed by atoms with van der Waals surface area (Å²) in [6, 6.07) is 0. The van der Waals surface area contributed by atoms with Crippen molar-refractivity contribution < 1.29 is 0 Å². The van der Waals surface area contributed by atoms with E-state index in [0.29, 0.717) is 5.92 Å². The number of nitrogens with zero attached hydrogens (tertiary/aromatic N) is 5. The molecule has 5 heteroatoms. The molecule has 0 amide bonds. The number of rotatable bonds is 4. The van der Waals surface area contributed by atoms with Crippen LogP contribution in [0, 0.1) is 0 Å². The van der Waals surface area contributed by atoms with Crippen LogP contribution in [0.1, 0.15) is 44.7 Å². The molecule has 0 N–H and O–H groups in total. The molecule has 20 heavy (non-hydrogen) atoms. The second-order valence-corrected chi connectivity index (χ2v) is 5.93. The minimum atomic E-state index is 0.381. The van der Waals surface area contributed by atoms with E-state index in [4.69, 9.17) is 0 Å². The summed E-state index contributed by atoms with van der Waals surface area (Å²) < 4.78 is 2.16. The Balaban J connectivity index is 1.76. The van der Waals surface area contributed by atoms with Gasteiger partial charge in [-0.25, -0.2) is 15.0 Å². The average Bonchev–Trinajstić information content (AvgIpc) is 2.89. The number of fused-ring (bicyclic) bond motifs is 1. The van der Waals surface area contributed by atoms with Gasteiger partial charge in [-0.1, -0.05) is 20.3 Å². The van der Waals surface area contributed by atoms with Crippen LogP contribution in [-0.4, -0.2) is 44.1 Å². The number of hydrogen-bond acceptors (Lipinski definition) is 4. The van der Waals surface area contributed by atoms with Crippen molar-refractivity contribution in [2.45, 2.75) is 45.6 Å². The van der Waals surface area contributed by atoms with E-state index in [9.17, 15) is 0 Å².